The van der Waals surface area contributed by atoms with Crippen molar-refractivity contribution in [1.29, 1.82) is 0 Å². The Kier molecular flexibility index (Phi) is 6.52. The molecule has 0 saturated heterocycles. The van der Waals surface area contributed by atoms with Crippen molar-refractivity contribution in [1.82, 2.24) is 0 Å². The molecular formula is C19H21NO5S. The fraction of sp³-hybridized carbons (Fsp3) is 0.263. The minimum absolute atomic E-state index is 0.269. The molecule has 0 aliphatic heterocycles. The number of amides is 1. The summed E-state index contributed by atoms with van der Waals surface area (Å²) in [4.78, 5) is 23.6. The maximum Gasteiger partial charge on any atom is 0.338 e. The number of rotatable bonds is 7. The predicted octanol–water partition coefficient (Wildman–Crippen LogP) is 2.73. The van der Waals surface area contributed by atoms with Crippen molar-refractivity contribution < 1.29 is 22.7 Å². The molecule has 7 heteroatoms. The molecule has 0 aliphatic rings. The maximum atomic E-state index is 12.2. The molecule has 0 fully saturated rings. The normalized spacial score (nSPS) is 11.0. The number of aryl methyl sites for hydroxylation is 1. The van der Waals surface area contributed by atoms with E-state index in [9.17, 15) is 18.0 Å². The summed E-state index contributed by atoms with van der Waals surface area (Å²) in [6.07, 6.45) is 0. The molecule has 0 spiro atoms. The van der Waals surface area contributed by atoms with Crippen molar-refractivity contribution in [3.8, 4) is 0 Å². The topological polar surface area (TPSA) is 89.5 Å². The molecule has 2 rings (SSSR count). The van der Waals surface area contributed by atoms with Gasteiger partial charge in [0.1, 0.15) is 5.75 Å². The van der Waals surface area contributed by atoms with Gasteiger partial charge in [-0.15, -0.1) is 0 Å². The minimum Gasteiger partial charge on any atom is -0.462 e. The van der Waals surface area contributed by atoms with Crippen LogP contribution in [0.25, 0.3) is 0 Å². The number of nitrogens with one attached hydrogen (secondary N) is 1. The smallest absolute Gasteiger partial charge is 0.338 e. The lowest BCUT2D eigenvalue weighted by molar-refractivity contribution is -0.113. The lowest BCUT2D eigenvalue weighted by atomic mass is 10.1. The Bertz CT molecular complexity index is 888. The highest BCUT2D eigenvalue weighted by Gasteiger charge is 2.18. The standard InChI is InChI=1S/C19H21NO5S/c1-3-25-19(22)16-9-7-15(8-10-16)12-26(23,24)13-18(21)20-17-6-4-5-14(2)11-17/h4-11H,3,12-13H2,1-2H3,(H,20,21). The van der Waals surface area contributed by atoms with Gasteiger partial charge in [-0.3, -0.25) is 4.79 Å². The van der Waals surface area contributed by atoms with E-state index in [0.717, 1.165) is 5.56 Å². The van der Waals surface area contributed by atoms with Gasteiger partial charge in [0.25, 0.3) is 0 Å². The highest BCUT2D eigenvalue weighted by molar-refractivity contribution is 7.91. The average molecular weight is 375 g/mol. The number of sulfone groups is 1. The number of anilines is 1. The Morgan fingerprint density at radius 1 is 1.08 bits per heavy atom. The van der Waals surface area contributed by atoms with Crippen molar-refractivity contribution >= 4 is 27.4 Å². The molecule has 26 heavy (non-hydrogen) atoms. The number of benzene rings is 2. The van der Waals surface area contributed by atoms with Crippen LogP contribution in [0.1, 0.15) is 28.4 Å². The Balaban J connectivity index is 1.97. The number of ether oxygens (including phenoxy) is 1. The summed E-state index contributed by atoms with van der Waals surface area (Å²) >= 11 is 0. The third-order valence-electron chi connectivity index (χ3n) is 3.50. The van der Waals surface area contributed by atoms with E-state index < -0.39 is 27.5 Å². The van der Waals surface area contributed by atoms with Crippen LogP contribution in [-0.2, 0) is 25.1 Å². The van der Waals surface area contributed by atoms with Crippen molar-refractivity contribution in [2.75, 3.05) is 17.7 Å². The van der Waals surface area contributed by atoms with Gasteiger partial charge in [-0.1, -0.05) is 24.3 Å². The first-order valence-electron chi connectivity index (χ1n) is 8.12. The molecule has 2 aromatic carbocycles. The zero-order valence-electron chi connectivity index (χ0n) is 14.7. The van der Waals surface area contributed by atoms with E-state index in [4.69, 9.17) is 4.74 Å². The summed E-state index contributed by atoms with van der Waals surface area (Å²) in [5.41, 5.74) is 2.38. The van der Waals surface area contributed by atoms with E-state index in [1.54, 1.807) is 37.3 Å². The second kappa shape index (κ2) is 8.62. The monoisotopic (exact) mass is 375 g/mol. The fourth-order valence-corrected chi connectivity index (χ4v) is 3.65. The van der Waals surface area contributed by atoms with Gasteiger partial charge in [-0.25, -0.2) is 13.2 Å². The van der Waals surface area contributed by atoms with E-state index in [1.165, 1.54) is 12.1 Å². The summed E-state index contributed by atoms with van der Waals surface area (Å²) in [6, 6.07) is 13.2. The predicted molar refractivity (Wildman–Crippen MR) is 99.7 cm³/mol. The van der Waals surface area contributed by atoms with Gasteiger partial charge < -0.3 is 10.1 Å². The molecule has 138 valence electrons. The molecule has 2 aromatic rings. The second-order valence-electron chi connectivity index (χ2n) is 5.87. The van der Waals surface area contributed by atoms with Gasteiger partial charge in [0, 0.05) is 5.69 Å². The lowest BCUT2D eigenvalue weighted by Gasteiger charge is -2.08. The molecule has 1 amide bonds. The van der Waals surface area contributed by atoms with Gasteiger partial charge in [0.05, 0.1) is 17.9 Å². The highest BCUT2D eigenvalue weighted by Crippen LogP contribution is 2.12. The Hall–Kier alpha value is -2.67. The molecule has 6 nitrogen and oxygen atoms in total. The van der Waals surface area contributed by atoms with Gasteiger partial charge in [0.2, 0.25) is 5.91 Å². The first-order valence-corrected chi connectivity index (χ1v) is 9.94. The second-order valence-corrected chi connectivity index (χ2v) is 7.93. The summed E-state index contributed by atoms with van der Waals surface area (Å²) in [5, 5.41) is 2.58. The van der Waals surface area contributed by atoms with Crippen molar-refractivity contribution in [3.05, 3.63) is 65.2 Å². The summed E-state index contributed by atoms with van der Waals surface area (Å²) in [7, 11) is -3.64. The summed E-state index contributed by atoms with van der Waals surface area (Å²) in [5.74, 6) is -1.93. The van der Waals surface area contributed by atoms with Crippen LogP contribution in [-0.4, -0.2) is 32.7 Å². The molecule has 0 unspecified atom stereocenters. The van der Waals surface area contributed by atoms with Crippen molar-refractivity contribution in [3.63, 3.8) is 0 Å². The number of hydrogen-bond acceptors (Lipinski definition) is 5. The van der Waals surface area contributed by atoms with Crippen molar-refractivity contribution in [2.24, 2.45) is 0 Å². The zero-order valence-corrected chi connectivity index (χ0v) is 15.5. The van der Waals surface area contributed by atoms with Crippen LogP contribution < -0.4 is 5.32 Å². The lowest BCUT2D eigenvalue weighted by Crippen LogP contribution is -2.24. The quantitative estimate of drug-likeness (QED) is 0.752. The van der Waals surface area contributed by atoms with Crippen LogP contribution in [0.4, 0.5) is 5.69 Å². The molecule has 0 atom stereocenters. The van der Waals surface area contributed by atoms with Crippen LogP contribution in [0.2, 0.25) is 0 Å². The first kappa shape index (κ1) is 19.7. The molecule has 0 radical (unpaired) electrons. The van der Waals surface area contributed by atoms with Crippen molar-refractivity contribution in [2.45, 2.75) is 19.6 Å². The molecule has 0 bridgehead atoms. The molecule has 1 N–H and O–H groups in total. The van der Waals surface area contributed by atoms with Gasteiger partial charge in [-0.2, -0.15) is 0 Å². The number of esters is 1. The number of hydrogen-bond donors (Lipinski definition) is 1. The van der Waals surface area contributed by atoms with Gasteiger partial charge in [0.15, 0.2) is 9.84 Å². The number of carbonyl (C=O) groups is 2. The van der Waals surface area contributed by atoms with E-state index in [0.29, 0.717) is 16.8 Å². The van der Waals surface area contributed by atoms with Gasteiger partial charge >= 0.3 is 5.97 Å². The fourth-order valence-electron chi connectivity index (χ4n) is 2.38. The minimum atomic E-state index is -3.64. The third-order valence-corrected chi connectivity index (χ3v) is 4.98. The summed E-state index contributed by atoms with van der Waals surface area (Å²) < 4.78 is 29.3. The SMILES string of the molecule is CCOC(=O)c1ccc(CS(=O)(=O)CC(=O)Nc2cccc(C)c2)cc1. The molecule has 0 aliphatic carbocycles. The van der Waals surface area contributed by atoms with Crippen LogP contribution in [0.3, 0.4) is 0 Å². The van der Waals surface area contributed by atoms with Crippen LogP contribution in [0, 0.1) is 6.92 Å². The molecule has 0 aromatic heterocycles. The first-order chi connectivity index (χ1) is 12.3. The molecule has 0 saturated carbocycles. The van der Waals surface area contributed by atoms with E-state index in [1.807, 2.05) is 13.0 Å². The third kappa shape index (κ3) is 6.00. The largest absolute Gasteiger partial charge is 0.462 e. The highest BCUT2D eigenvalue weighted by atomic mass is 32.2. The van der Waals surface area contributed by atoms with E-state index in [-0.39, 0.29) is 12.4 Å². The van der Waals surface area contributed by atoms with E-state index in [2.05, 4.69) is 5.32 Å². The number of carbonyl (C=O) groups excluding carboxylic acids is 2. The van der Waals surface area contributed by atoms with Crippen LogP contribution in [0.5, 0.6) is 0 Å². The van der Waals surface area contributed by atoms with Gasteiger partial charge in [-0.05, 0) is 49.2 Å². The van der Waals surface area contributed by atoms with E-state index >= 15 is 0 Å². The van der Waals surface area contributed by atoms with Crippen LogP contribution in [0.15, 0.2) is 48.5 Å². The Morgan fingerprint density at radius 3 is 2.38 bits per heavy atom. The van der Waals surface area contributed by atoms with Crippen LogP contribution >= 0.6 is 0 Å². The molecule has 0 heterocycles. The average Bonchev–Trinajstić information content (AvgIpc) is 2.54. The Labute approximate surface area is 153 Å². The Morgan fingerprint density at radius 2 is 1.77 bits per heavy atom. The summed E-state index contributed by atoms with van der Waals surface area (Å²) in [6.45, 7) is 3.86. The maximum absolute atomic E-state index is 12.2. The molecular weight excluding hydrogens is 354 g/mol. The zero-order chi connectivity index (χ0) is 19.2.